The van der Waals surface area contributed by atoms with Gasteiger partial charge in [0.25, 0.3) is 11.8 Å². The van der Waals surface area contributed by atoms with Crippen LogP contribution in [0.4, 0.5) is 19.5 Å². The number of hydrogen-bond donors (Lipinski definition) is 2. The van der Waals surface area contributed by atoms with E-state index in [1.54, 1.807) is 6.07 Å². The van der Waals surface area contributed by atoms with Crippen molar-refractivity contribution >= 4 is 33.8 Å². The smallest absolute Gasteiger partial charge is 0.291 e. The predicted molar refractivity (Wildman–Crippen MR) is 85.3 cm³/mol. The highest BCUT2D eigenvalue weighted by Gasteiger charge is 2.15. The van der Waals surface area contributed by atoms with Crippen LogP contribution in [0.5, 0.6) is 0 Å². The second kappa shape index (κ2) is 6.63. The zero-order chi connectivity index (χ0) is 17.1. The lowest BCUT2D eigenvalue weighted by Gasteiger charge is -2.05. The Morgan fingerprint density at radius 3 is 2.58 bits per heavy atom. The second-order valence-electron chi connectivity index (χ2n) is 4.67. The van der Waals surface area contributed by atoms with E-state index in [0.29, 0.717) is 5.00 Å². The predicted octanol–water partition coefficient (Wildman–Crippen LogP) is 4.12. The molecule has 0 bridgehead atoms. The highest BCUT2D eigenvalue weighted by Crippen LogP contribution is 2.24. The molecule has 0 fully saturated rings. The number of hydrogen-bond acceptors (Lipinski definition) is 4. The van der Waals surface area contributed by atoms with Crippen molar-refractivity contribution in [1.29, 1.82) is 0 Å². The van der Waals surface area contributed by atoms with E-state index < -0.39 is 23.4 Å². The van der Waals surface area contributed by atoms with Crippen LogP contribution in [-0.2, 0) is 0 Å². The first-order valence-electron chi connectivity index (χ1n) is 6.74. The maximum absolute atomic E-state index is 13.5. The molecule has 5 nitrogen and oxygen atoms in total. The molecule has 3 rings (SSSR count). The lowest BCUT2D eigenvalue weighted by Crippen LogP contribution is -2.12. The van der Waals surface area contributed by atoms with E-state index in [2.05, 4.69) is 10.6 Å². The highest BCUT2D eigenvalue weighted by molar-refractivity contribution is 7.18. The number of furan rings is 1. The molecule has 122 valence electrons. The van der Waals surface area contributed by atoms with Crippen LogP contribution in [0, 0.1) is 11.6 Å². The molecular formula is C16H10F2N2O3S. The van der Waals surface area contributed by atoms with E-state index in [0.717, 1.165) is 29.5 Å². The minimum absolute atomic E-state index is 0.135. The first-order chi connectivity index (χ1) is 11.5. The molecule has 0 aliphatic carbocycles. The van der Waals surface area contributed by atoms with E-state index >= 15 is 0 Å². The number of carbonyl (C=O) groups excluding carboxylic acids is 2. The average Bonchev–Trinajstić information content (AvgIpc) is 3.22. The monoisotopic (exact) mass is 348 g/mol. The molecule has 0 aliphatic rings. The fourth-order valence-corrected chi connectivity index (χ4v) is 2.68. The van der Waals surface area contributed by atoms with Gasteiger partial charge in [0.2, 0.25) is 0 Å². The van der Waals surface area contributed by atoms with Gasteiger partial charge in [-0.3, -0.25) is 9.59 Å². The Kier molecular flexibility index (Phi) is 4.39. The Morgan fingerprint density at radius 2 is 1.83 bits per heavy atom. The molecule has 2 heterocycles. The average molecular weight is 348 g/mol. The van der Waals surface area contributed by atoms with Gasteiger partial charge in [-0.25, -0.2) is 8.78 Å². The lowest BCUT2D eigenvalue weighted by atomic mass is 10.3. The third kappa shape index (κ3) is 3.49. The Labute approximate surface area is 138 Å². The first-order valence-corrected chi connectivity index (χ1v) is 7.55. The molecule has 0 spiro atoms. The van der Waals surface area contributed by atoms with Crippen LogP contribution in [0.15, 0.2) is 53.1 Å². The number of nitrogens with one attached hydrogen (secondary N) is 2. The van der Waals surface area contributed by atoms with Crippen molar-refractivity contribution in [3.8, 4) is 0 Å². The van der Waals surface area contributed by atoms with Crippen LogP contribution < -0.4 is 10.6 Å². The number of rotatable bonds is 4. The zero-order valence-electron chi connectivity index (χ0n) is 12.0. The third-order valence-corrected chi connectivity index (χ3v) is 3.99. The quantitative estimate of drug-likeness (QED) is 0.745. The van der Waals surface area contributed by atoms with Gasteiger partial charge in [0.15, 0.2) is 5.76 Å². The summed E-state index contributed by atoms with van der Waals surface area (Å²) in [5, 5.41) is 5.28. The van der Waals surface area contributed by atoms with E-state index in [1.807, 2.05) is 0 Å². The molecule has 1 aromatic carbocycles. The summed E-state index contributed by atoms with van der Waals surface area (Å²) in [7, 11) is 0. The lowest BCUT2D eigenvalue weighted by molar-refractivity contribution is 0.0995. The van der Waals surface area contributed by atoms with Crippen LogP contribution in [0.3, 0.4) is 0 Å². The van der Waals surface area contributed by atoms with E-state index in [4.69, 9.17) is 4.42 Å². The fourth-order valence-electron chi connectivity index (χ4n) is 1.89. The Bertz CT molecular complexity index is 891. The number of halogens is 2. The first kappa shape index (κ1) is 15.9. The van der Waals surface area contributed by atoms with Crippen LogP contribution in [0.2, 0.25) is 0 Å². The highest BCUT2D eigenvalue weighted by atomic mass is 32.1. The van der Waals surface area contributed by atoms with Crippen molar-refractivity contribution < 1.29 is 22.8 Å². The topological polar surface area (TPSA) is 71.3 Å². The minimum atomic E-state index is -0.743. The standard InChI is InChI=1S/C16H10F2N2O3S/c17-9-3-4-10(18)11(8-9)19-16(22)13-5-6-14(24-13)20-15(21)12-2-1-7-23-12/h1-8H,(H,19,22)(H,20,21). The van der Waals surface area contributed by atoms with Crippen LogP contribution >= 0.6 is 11.3 Å². The maximum Gasteiger partial charge on any atom is 0.291 e. The largest absolute Gasteiger partial charge is 0.459 e. The minimum Gasteiger partial charge on any atom is -0.459 e. The molecule has 0 saturated heterocycles. The van der Waals surface area contributed by atoms with Crippen molar-refractivity contribution in [1.82, 2.24) is 0 Å². The molecular weight excluding hydrogens is 338 g/mol. The van der Waals surface area contributed by atoms with Gasteiger partial charge in [-0.2, -0.15) is 0 Å². The van der Waals surface area contributed by atoms with Gasteiger partial charge in [0.1, 0.15) is 11.6 Å². The van der Waals surface area contributed by atoms with Gasteiger partial charge in [-0.15, -0.1) is 11.3 Å². The van der Waals surface area contributed by atoms with Crippen LogP contribution in [0.25, 0.3) is 0 Å². The maximum atomic E-state index is 13.5. The molecule has 0 saturated carbocycles. The molecule has 8 heteroatoms. The molecule has 0 radical (unpaired) electrons. The van der Waals surface area contributed by atoms with Gasteiger partial charge in [0.05, 0.1) is 21.8 Å². The van der Waals surface area contributed by atoms with Gasteiger partial charge in [-0.05, 0) is 36.4 Å². The molecule has 3 aromatic rings. The summed E-state index contributed by atoms with van der Waals surface area (Å²) in [6, 6.07) is 8.85. The summed E-state index contributed by atoms with van der Waals surface area (Å²) < 4.78 is 31.6. The summed E-state index contributed by atoms with van der Waals surface area (Å²) in [6.45, 7) is 0. The Morgan fingerprint density at radius 1 is 1.00 bits per heavy atom. The normalized spacial score (nSPS) is 10.4. The van der Waals surface area contributed by atoms with E-state index in [1.165, 1.54) is 24.5 Å². The van der Waals surface area contributed by atoms with Gasteiger partial charge in [0, 0.05) is 6.07 Å². The van der Waals surface area contributed by atoms with Crippen molar-refractivity contribution in [3.05, 3.63) is 71.0 Å². The number of amides is 2. The number of anilines is 2. The van der Waals surface area contributed by atoms with Crippen molar-refractivity contribution in [2.24, 2.45) is 0 Å². The van der Waals surface area contributed by atoms with Crippen LogP contribution in [0.1, 0.15) is 20.2 Å². The summed E-state index contributed by atoms with van der Waals surface area (Å²) in [5.41, 5.74) is -0.255. The third-order valence-electron chi connectivity index (χ3n) is 2.99. The molecule has 0 atom stereocenters. The van der Waals surface area contributed by atoms with E-state index in [-0.39, 0.29) is 16.3 Å². The Balaban J connectivity index is 1.69. The molecule has 2 amide bonds. The van der Waals surface area contributed by atoms with Gasteiger partial charge in [-0.1, -0.05) is 0 Å². The summed E-state index contributed by atoms with van der Waals surface area (Å²) in [5.74, 6) is -2.33. The zero-order valence-corrected chi connectivity index (χ0v) is 12.8. The molecule has 0 aliphatic heterocycles. The van der Waals surface area contributed by atoms with Crippen molar-refractivity contribution in [2.75, 3.05) is 10.6 Å². The van der Waals surface area contributed by atoms with Crippen molar-refractivity contribution in [2.45, 2.75) is 0 Å². The number of carbonyl (C=O) groups is 2. The molecule has 2 N–H and O–H groups in total. The summed E-state index contributed by atoms with van der Waals surface area (Å²) in [4.78, 5) is 24.2. The van der Waals surface area contributed by atoms with Gasteiger partial charge >= 0.3 is 0 Å². The number of thiophene rings is 1. The number of benzene rings is 1. The summed E-state index contributed by atoms with van der Waals surface area (Å²) in [6.07, 6.45) is 1.37. The Hall–Kier alpha value is -3.00. The van der Waals surface area contributed by atoms with E-state index in [9.17, 15) is 18.4 Å². The van der Waals surface area contributed by atoms with Crippen LogP contribution in [-0.4, -0.2) is 11.8 Å². The molecule has 24 heavy (non-hydrogen) atoms. The second-order valence-corrected chi connectivity index (χ2v) is 5.76. The molecule has 2 aromatic heterocycles. The SMILES string of the molecule is O=C(Nc1ccc(C(=O)Nc2cc(F)ccc2F)s1)c1ccco1. The fraction of sp³-hybridized carbons (Fsp3) is 0. The summed E-state index contributed by atoms with van der Waals surface area (Å²) >= 11 is 0.994. The molecule has 0 unspecified atom stereocenters. The van der Waals surface area contributed by atoms with Gasteiger partial charge < -0.3 is 15.1 Å². The van der Waals surface area contributed by atoms with Crippen molar-refractivity contribution in [3.63, 3.8) is 0 Å².